The summed E-state index contributed by atoms with van der Waals surface area (Å²) in [6.07, 6.45) is 2.26. The Hall–Kier alpha value is -2.41. The predicted molar refractivity (Wildman–Crippen MR) is 92.2 cm³/mol. The summed E-state index contributed by atoms with van der Waals surface area (Å²) >= 11 is 0. The molecule has 7 nitrogen and oxygen atoms in total. The Morgan fingerprint density at radius 3 is 2.92 bits per heavy atom. The van der Waals surface area contributed by atoms with Crippen molar-refractivity contribution in [3.8, 4) is 5.75 Å². The summed E-state index contributed by atoms with van der Waals surface area (Å²) in [5.74, 6) is 1.62. The van der Waals surface area contributed by atoms with E-state index in [1.54, 1.807) is 0 Å². The van der Waals surface area contributed by atoms with Gasteiger partial charge in [0.05, 0.1) is 12.1 Å². The number of nitrogens with one attached hydrogen (secondary N) is 1. The molecule has 1 aromatic heterocycles. The van der Waals surface area contributed by atoms with E-state index in [2.05, 4.69) is 15.2 Å². The molecule has 0 radical (unpaired) electrons. The second kappa shape index (κ2) is 7.65. The highest BCUT2D eigenvalue weighted by Gasteiger charge is 2.35. The van der Waals surface area contributed by atoms with Gasteiger partial charge in [0, 0.05) is 19.4 Å². The molecule has 7 heteroatoms. The van der Waals surface area contributed by atoms with Gasteiger partial charge in [-0.1, -0.05) is 18.2 Å². The average Bonchev–Trinajstić information content (AvgIpc) is 3.11. The molecule has 1 unspecified atom stereocenters. The van der Waals surface area contributed by atoms with E-state index in [4.69, 9.17) is 9.47 Å². The monoisotopic (exact) mass is 344 g/mol. The number of rotatable bonds is 6. The van der Waals surface area contributed by atoms with Crippen LogP contribution in [-0.4, -0.2) is 57.4 Å². The van der Waals surface area contributed by atoms with Gasteiger partial charge in [-0.25, -0.2) is 4.98 Å². The number of benzene rings is 1. The van der Waals surface area contributed by atoms with E-state index in [1.165, 1.54) is 6.33 Å². The summed E-state index contributed by atoms with van der Waals surface area (Å²) in [5, 5.41) is 6.59. The van der Waals surface area contributed by atoms with Crippen LogP contribution in [0, 0.1) is 0 Å². The largest absolute Gasteiger partial charge is 0.491 e. The molecule has 1 aromatic carbocycles. The Morgan fingerprint density at radius 2 is 2.20 bits per heavy atom. The zero-order valence-electron chi connectivity index (χ0n) is 14.6. The van der Waals surface area contributed by atoms with E-state index in [-0.39, 0.29) is 12.0 Å². The number of aryl methyl sites for hydroxylation is 1. The summed E-state index contributed by atoms with van der Waals surface area (Å²) in [6, 6.07) is 9.63. The Morgan fingerprint density at radius 1 is 1.40 bits per heavy atom. The zero-order chi connectivity index (χ0) is 17.7. The third kappa shape index (κ3) is 5.03. The lowest BCUT2D eigenvalue weighted by Gasteiger charge is -2.42. The lowest BCUT2D eigenvalue weighted by Crippen LogP contribution is -2.56. The molecular formula is C18H24N4O3. The Bertz CT molecular complexity index is 673. The summed E-state index contributed by atoms with van der Waals surface area (Å²) < 4.78 is 11.9. The second-order valence-electron chi connectivity index (χ2n) is 6.83. The molecule has 134 valence electrons. The van der Waals surface area contributed by atoms with Crippen molar-refractivity contribution in [2.75, 3.05) is 19.7 Å². The number of carbonyl (C=O) groups excluding carboxylic acids is 1. The zero-order valence-corrected chi connectivity index (χ0v) is 14.6. The highest BCUT2D eigenvalue weighted by molar-refractivity contribution is 5.76. The molecule has 0 saturated carbocycles. The van der Waals surface area contributed by atoms with Crippen molar-refractivity contribution in [1.29, 1.82) is 0 Å². The SMILES string of the molecule is CC1(C)CN(C(=O)CCc2ncn[nH]2)CC(COc2ccccc2)O1. The van der Waals surface area contributed by atoms with Crippen LogP contribution >= 0.6 is 0 Å². The number of amides is 1. The van der Waals surface area contributed by atoms with E-state index in [0.29, 0.717) is 32.5 Å². The Kier molecular flexibility index (Phi) is 5.33. The number of hydrogen-bond acceptors (Lipinski definition) is 5. The van der Waals surface area contributed by atoms with Crippen LogP contribution in [0.2, 0.25) is 0 Å². The van der Waals surface area contributed by atoms with Crippen LogP contribution in [0.25, 0.3) is 0 Å². The first-order valence-electron chi connectivity index (χ1n) is 8.49. The fourth-order valence-corrected chi connectivity index (χ4v) is 3.01. The molecule has 25 heavy (non-hydrogen) atoms. The molecule has 1 N–H and O–H groups in total. The molecule has 1 atom stereocenters. The van der Waals surface area contributed by atoms with Gasteiger partial charge in [0.2, 0.25) is 5.91 Å². The van der Waals surface area contributed by atoms with Crippen molar-refractivity contribution >= 4 is 5.91 Å². The van der Waals surface area contributed by atoms with Crippen molar-refractivity contribution in [2.24, 2.45) is 0 Å². The van der Waals surface area contributed by atoms with Gasteiger partial charge >= 0.3 is 0 Å². The lowest BCUT2D eigenvalue weighted by molar-refractivity contribution is -0.165. The van der Waals surface area contributed by atoms with Crippen LogP contribution in [0.5, 0.6) is 5.75 Å². The van der Waals surface area contributed by atoms with Crippen molar-refractivity contribution < 1.29 is 14.3 Å². The van der Waals surface area contributed by atoms with E-state index in [1.807, 2.05) is 49.1 Å². The van der Waals surface area contributed by atoms with Crippen molar-refractivity contribution in [2.45, 2.75) is 38.4 Å². The summed E-state index contributed by atoms with van der Waals surface area (Å²) in [5.41, 5.74) is -0.398. The topological polar surface area (TPSA) is 80.3 Å². The Labute approximate surface area is 147 Å². The van der Waals surface area contributed by atoms with Gasteiger partial charge in [0.15, 0.2) is 0 Å². The molecule has 3 rings (SSSR count). The molecule has 0 aliphatic carbocycles. The maximum absolute atomic E-state index is 12.6. The standard InChI is InChI=1S/C18H24N4O3/c1-18(2)12-22(17(23)9-8-16-19-13-20-21-16)10-15(25-18)11-24-14-6-4-3-5-7-14/h3-7,13,15H,8-12H2,1-2H3,(H,19,20,21). The highest BCUT2D eigenvalue weighted by atomic mass is 16.5. The lowest BCUT2D eigenvalue weighted by atomic mass is 10.0. The van der Waals surface area contributed by atoms with Crippen molar-refractivity contribution in [1.82, 2.24) is 20.1 Å². The molecule has 2 heterocycles. The van der Waals surface area contributed by atoms with Crippen LogP contribution < -0.4 is 4.74 Å². The minimum Gasteiger partial charge on any atom is -0.491 e. The van der Waals surface area contributed by atoms with Gasteiger partial charge in [-0.15, -0.1) is 0 Å². The van der Waals surface area contributed by atoms with Gasteiger partial charge in [-0.3, -0.25) is 9.89 Å². The third-order valence-electron chi connectivity index (χ3n) is 4.05. The van der Waals surface area contributed by atoms with E-state index >= 15 is 0 Å². The van der Waals surface area contributed by atoms with Crippen LogP contribution in [-0.2, 0) is 16.0 Å². The van der Waals surface area contributed by atoms with E-state index < -0.39 is 5.60 Å². The van der Waals surface area contributed by atoms with Crippen LogP contribution in [0.3, 0.4) is 0 Å². The first kappa shape index (κ1) is 17.4. The molecule has 0 bridgehead atoms. The highest BCUT2D eigenvalue weighted by Crippen LogP contribution is 2.22. The normalized spacial score (nSPS) is 19.6. The maximum atomic E-state index is 12.6. The fraction of sp³-hybridized carbons (Fsp3) is 0.500. The second-order valence-corrected chi connectivity index (χ2v) is 6.83. The third-order valence-corrected chi connectivity index (χ3v) is 4.05. The molecular weight excluding hydrogens is 320 g/mol. The molecule has 1 fully saturated rings. The average molecular weight is 344 g/mol. The van der Waals surface area contributed by atoms with Gasteiger partial charge in [0.1, 0.15) is 30.6 Å². The molecule has 1 saturated heterocycles. The number of carbonyl (C=O) groups is 1. The predicted octanol–water partition coefficient (Wildman–Crippen LogP) is 1.82. The van der Waals surface area contributed by atoms with Gasteiger partial charge in [-0.05, 0) is 26.0 Å². The summed E-state index contributed by atoms with van der Waals surface area (Å²) in [4.78, 5) is 18.5. The van der Waals surface area contributed by atoms with Crippen LogP contribution in [0.1, 0.15) is 26.1 Å². The smallest absolute Gasteiger partial charge is 0.223 e. The van der Waals surface area contributed by atoms with E-state index in [9.17, 15) is 4.79 Å². The first-order valence-corrected chi connectivity index (χ1v) is 8.49. The number of ether oxygens (including phenoxy) is 2. The molecule has 1 amide bonds. The Balaban J connectivity index is 1.55. The number of hydrogen-bond donors (Lipinski definition) is 1. The van der Waals surface area contributed by atoms with Crippen LogP contribution in [0.4, 0.5) is 0 Å². The van der Waals surface area contributed by atoms with Gasteiger partial charge in [0.25, 0.3) is 0 Å². The number of aromatic nitrogens is 3. The van der Waals surface area contributed by atoms with E-state index in [0.717, 1.165) is 11.6 Å². The minimum absolute atomic E-state index is 0.0949. The molecule has 0 spiro atoms. The van der Waals surface area contributed by atoms with Crippen molar-refractivity contribution in [3.05, 3.63) is 42.5 Å². The van der Waals surface area contributed by atoms with Crippen molar-refractivity contribution in [3.63, 3.8) is 0 Å². The summed E-state index contributed by atoms with van der Waals surface area (Å²) in [6.45, 7) is 5.52. The molecule has 1 aliphatic rings. The number of nitrogens with zero attached hydrogens (tertiary/aromatic N) is 3. The fourth-order valence-electron chi connectivity index (χ4n) is 3.01. The minimum atomic E-state index is -0.398. The summed E-state index contributed by atoms with van der Waals surface area (Å²) in [7, 11) is 0. The maximum Gasteiger partial charge on any atom is 0.223 e. The van der Waals surface area contributed by atoms with Gasteiger partial charge < -0.3 is 14.4 Å². The first-order chi connectivity index (χ1) is 12.0. The molecule has 2 aromatic rings. The number of para-hydroxylation sites is 1. The number of aromatic amines is 1. The number of H-pyrrole nitrogens is 1. The number of morpholine rings is 1. The van der Waals surface area contributed by atoms with Crippen LogP contribution in [0.15, 0.2) is 36.7 Å². The quantitative estimate of drug-likeness (QED) is 0.865. The van der Waals surface area contributed by atoms with Gasteiger partial charge in [-0.2, -0.15) is 5.10 Å². The molecule has 1 aliphatic heterocycles.